The summed E-state index contributed by atoms with van der Waals surface area (Å²) >= 11 is 0. The molecule has 0 radical (unpaired) electrons. The van der Waals surface area contributed by atoms with Crippen molar-refractivity contribution in [2.75, 3.05) is 0 Å². The average molecular weight is 459 g/mol. The fraction of sp³-hybridized carbons (Fsp3) is 0.0333. The predicted octanol–water partition coefficient (Wildman–Crippen LogP) is 5.77. The number of carbonyl (C=O) groups is 2. The molecule has 0 unspecified atom stereocenters. The molecule has 170 valence electrons. The fourth-order valence-corrected chi connectivity index (χ4v) is 3.99. The van der Waals surface area contributed by atoms with Crippen molar-refractivity contribution in [3.8, 4) is 16.9 Å². The number of pyridine rings is 1. The molecule has 0 atom stereocenters. The van der Waals surface area contributed by atoms with E-state index >= 15 is 0 Å². The largest absolute Gasteiger partial charge is 0.506 e. The van der Waals surface area contributed by atoms with Gasteiger partial charge in [0.15, 0.2) is 5.78 Å². The van der Waals surface area contributed by atoms with Crippen LogP contribution >= 0.6 is 0 Å². The second-order valence-corrected chi connectivity index (χ2v) is 8.23. The number of nitrogens with one attached hydrogen (secondary N) is 1. The molecule has 1 amide bonds. The van der Waals surface area contributed by atoms with Crippen LogP contribution in [0.25, 0.3) is 22.0 Å². The summed E-state index contributed by atoms with van der Waals surface area (Å²) in [5.74, 6) is -0.140. The molecule has 0 spiro atoms. The monoisotopic (exact) mass is 458 g/mol. The van der Waals surface area contributed by atoms with Gasteiger partial charge in [0.1, 0.15) is 11.3 Å². The van der Waals surface area contributed by atoms with Crippen molar-refractivity contribution in [2.24, 2.45) is 0 Å². The summed E-state index contributed by atoms with van der Waals surface area (Å²) in [4.78, 5) is 29.6. The molecule has 0 aliphatic rings. The van der Waals surface area contributed by atoms with E-state index in [0.29, 0.717) is 28.8 Å². The van der Waals surface area contributed by atoms with E-state index < -0.39 is 0 Å². The van der Waals surface area contributed by atoms with Crippen LogP contribution in [0, 0.1) is 0 Å². The first-order valence-corrected chi connectivity index (χ1v) is 11.2. The number of hydrogen-bond acceptors (Lipinski definition) is 4. The second kappa shape index (κ2) is 9.61. The number of hydrogen-bond donors (Lipinski definition) is 2. The smallest absolute Gasteiger partial charge is 0.251 e. The number of amides is 1. The van der Waals surface area contributed by atoms with Gasteiger partial charge in [0.25, 0.3) is 5.91 Å². The molecule has 0 saturated carbocycles. The van der Waals surface area contributed by atoms with E-state index in [9.17, 15) is 14.7 Å². The number of ketones is 1. The summed E-state index contributed by atoms with van der Waals surface area (Å²) in [6.07, 6.45) is 1.64. The van der Waals surface area contributed by atoms with Crippen molar-refractivity contribution >= 4 is 22.6 Å². The lowest BCUT2D eigenvalue weighted by atomic mass is 10.0. The third kappa shape index (κ3) is 4.80. The van der Waals surface area contributed by atoms with Crippen molar-refractivity contribution in [3.05, 3.63) is 132 Å². The number of phenolic OH excluding ortho intramolecular Hbond substituents is 1. The molecule has 2 N–H and O–H groups in total. The molecular weight excluding hydrogens is 436 g/mol. The molecule has 0 saturated heterocycles. The molecule has 0 aliphatic carbocycles. The lowest BCUT2D eigenvalue weighted by Gasteiger charge is -2.09. The predicted molar refractivity (Wildman–Crippen MR) is 136 cm³/mol. The highest BCUT2D eigenvalue weighted by Crippen LogP contribution is 2.30. The first-order chi connectivity index (χ1) is 17.1. The minimum atomic E-state index is -0.206. The molecular formula is C30H22N2O3. The van der Waals surface area contributed by atoms with Crippen LogP contribution in [-0.2, 0) is 6.54 Å². The number of carbonyl (C=O) groups excluding carboxylic acids is 2. The van der Waals surface area contributed by atoms with Crippen LogP contribution in [0.5, 0.6) is 5.75 Å². The lowest BCUT2D eigenvalue weighted by molar-refractivity contribution is 0.0950. The number of rotatable bonds is 6. The summed E-state index contributed by atoms with van der Waals surface area (Å²) in [6.45, 7) is 0.339. The topological polar surface area (TPSA) is 79.3 Å². The Balaban J connectivity index is 1.28. The van der Waals surface area contributed by atoms with Gasteiger partial charge in [0.2, 0.25) is 0 Å². The van der Waals surface area contributed by atoms with E-state index in [0.717, 1.165) is 22.1 Å². The van der Waals surface area contributed by atoms with E-state index in [4.69, 9.17) is 0 Å². The van der Waals surface area contributed by atoms with Crippen LogP contribution in [0.15, 0.2) is 109 Å². The minimum absolute atomic E-state index is 0.0338. The van der Waals surface area contributed by atoms with Gasteiger partial charge in [-0.05, 0) is 47.0 Å². The normalized spacial score (nSPS) is 10.7. The summed E-state index contributed by atoms with van der Waals surface area (Å²) < 4.78 is 0. The van der Waals surface area contributed by atoms with Gasteiger partial charge in [0.05, 0.1) is 0 Å². The third-order valence-electron chi connectivity index (χ3n) is 5.85. The van der Waals surface area contributed by atoms with Crippen molar-refractivity contribution in [1.29, 1.82) is 0 Å². The van der Waals surface area contributed by atoms with Gasteiger partial charge in [-0.25, -0.2) is 0 Å². The number of aromatic hydroxyl groups is 1. The molecule has 1 heterocycles. The number of aromatic nitrogens is 1. The van der Waals surface area contributed by atoms with Crippen LogP contribution in [0.1, 0.15) is 31.8 Å². The number of nitrogens with zero attached hydrogens (tertiary/aromatic N) is 1. The molecule has 5 aromatic rings. The zero-order valence-electron chi connectivity index (χ0n) is 18.8. The first kappa shape index (κ1) is 22.0. The zero-order valence-corrected chi connectivity index (χ0v) is 18.8. The van der Waals surface area contributed by atoms with Gasteiger partial charge in [-0.15, -0.1) is 0 Å². The first-order valence-electron chi connectivity index (χ1n) is 11.2. The Kier molecular flexibility index (Phi) is 6.05. The maximum Gasteiger partial charge on any atom is 0.251 e. The molecule has 35 heavy (non-hydrogen) atoms. The molecule has 0 fully saturated rings. The standard InChI is InChI=1S/C30H22N2O3/c33-27-18-26(17-24-10-5-15-31-28(24)27)23-8-4-9-25(16-23)30(35)32-19-20-11-13-22(14-12-20)29(34)21-6-2-1-3-7-21/h1-18,33H,19H2,(H,32,35). The average Bonchev–Trinajstić information content (AvgIpc) is 2.92. The fourth-order valence-electron chi connectivity index (χ4n) is 3.99. The van der Waals surface area contributed by atoms with Gasteiger partial charge in [-0.3, -0.25) is 14.6 Å². The van der Waals surface area contributed by atoms with Crippen molar-refractivity contribution < 1.29 is 14.7 Å². The Hall–Kier alpha value is -4.77. The van der Waals surface area contributed by atoms with E-state index in [-0.39, 0.29) is 17.4 Å². The van der Waals surface area contributed by atoms with E-state index in [1.54, 1.807) is 48.7 Å². The Morgan fingerprint density at radius 2 is 1.46 bits per heavy atom. The number of fused-ring (bicyclic) bond motifs is 1. The number of phenols is 1. The highest BCUT2D eigenvalue weighted by molar-refractivity contribution is 6.09. The van der Waals surface area contributed by atoms with E-state index in [1.165, 1.54) is 0 Å². The molecule has 1 aromatic heterocycles. The number of benzene rings is 4. The van der Waals surface area contributed by atoms with Crippen molar-refractivity contribution in [1.82, 2.24) is 10.3 Å². The van der Waals surface area contributed by atoms with Crippen LogP contribution in [0.3, 0.4) is 0 Å². The summed E-state index contributed by atoms with van der Waals surface area (Å²) in [5.41, 5.74) is 4.83. The Morgan fingerprint density at radius 1 is 0.714 bits per heavy atom. The summed E-state index contributed by atoms with van der Waals surface area (Å²) in [7, 11) is 0. The molecule has 5 heteroatoms. The van der Waals surface area contributed by atoms with Gasteiger partial charge < -0.3 is 10.4 Å². The van der Waals surface area contributed by atoms with Crippen LogP contribution < -0.4 is 5.32 Å². The SMILES string of the molecule is O=C(NCc1ccc(C(=O)c2ccccc2)cc1)c1cccc(-c2cc(O)c3ncccc3c2)c1. The maximum absolute atomic E-state index is 12.8. The van der Waals surface area contributed by atoms with Crippen LogP contribution in [-0.4, -0.2) is 21.8 Å². The van der Waals surface area contributed by atoms with Crippen LogP contribution in [0.4, 0.5) is 0 Å². The highest BCUT2D eigenvalue weighted by Gasteiger charge is 2.11. The molecule has 0 aliphatic heterocycles. The molecule has 5 nitrogen and oxygen atoms in total. The molecule has 5 rings (SSSR count). The van der Waals surface area contributed by atoms with Crippen molar-refractivity contribution in [3.63, 3.8) is 0 Å². The van der Waals surface area contributed by atoms with Gasteiger partial charge in [-0.1, -0.05) is 72.8 Å². The summed E-state index contributed by atoms with van der Waals surface area (Å²) in [5, 5.41) is 14.1. The van der Waals surface area contributed by atoms with Gasteiger partial charge in [-0.2, -0.15) is 0 Å². The van der Waals surface area contributed by atoms with E-state index in [2.05, 4.69) is 10.3 Å². The van der Waals surface area contributed by atoms with Gasteiger partial charge in [0, 0.05) is 34.8 Å². The van der Waals surface area contributed by atoms with Crippen LogP contribution in [0.2, 0.25) is 0 Å². The zero-order chi connectivity index (χ0) is 24.2. The minimum Gasteiger partial charge on any atom is -0.506 e. The Morgan fingerprint density at radius 3 is 2.26 bits per heavy atom. The maximum atomic E-state index is 12.8. The van der Waals surface area contributed by atoms with E-state index in [1.807, 2.05) is 60.7 Å². The molecule has 4 aromatic carbocycles. The van der Waals surface area contributed by atoms with Crippen molar-refractivity contribution in [2.45, 2.75) is 6.54 Å². The molecule has 0 bridgehead atoms. The second-order valence-electron chi connectivity index (χ2n) is 8.23. The summed E-state index contributed by atoms with van der Waals surface area (Å²) in [6, 6.07) is 31.0. The highest BCUT2D eigenvalue weighted by atomic mass is 16.3. The quantitative estimate of drug-likeness (QED) is 0.317. The Bertz CT molecular complexity index is 1530. The third-order valence-corrected chi connectivity index (χ3v) is 5.85. The Labute approximate surface area is 202 Å². The van der Waals surface area contributed by atoms with Gasteiger partial charge >= 0.3 is 0 Å². The lowest BCUT2D eigenvalue weighted by Crippen LogP contribution is -2.22.